The third-order valence-corrected chi connectivity index (χ3v) is 6.00. The van der Waals surface area contributed by atoms with Gasteiger partial charge in [-0.2, -0.15) is 5.10 Å². The molecule has 6 heteroatoms. The molecule has 1 aromatic carbocycles. The summed E-state index contributed by atoms with van der Waals surface area (Å²) in [6, 6.07) is 10.3. The second-order valence-electron chi connectivity index (χ2n) is 8.30. The minimum absolute atomic E-state index is 0.0686. The highest BCUT2D eigenvalue weighted by Gasteiger charge is 2.29. The highest BCUT2D eigenvalue weighted by molar-refractivity contribution is 6.06. The number of nitrogens with two attached hydrogens (primary N) is 1. The van der Waals surface area contributed by atoms with Crippen molar-refractivity contribution in [2.45, 2.75) is 52.1 Å². The zero-order valence-electron chi connectivity index (χ0n) is 17.4. The van der Waals surface area contributed by atoms with E-state index in [0.29, 0.717) is 18.0 Å². The normalized spacial score (nSPS) is 19.2. The summed E-state index contributed by atoms with van der Waals surface area (Å²) in [6.07, 6.45) is 4.93. The second kappa shape index (κ2) is 7.95. The molecule has 29 heavy (non-hydrogen) atoms. The lowest BCUT2D eigenvalue weighted by Crippen LogP contribution is -2.40. The van der Waals surface area contributed by atoms with Gasteiger partial charge in [0.2, 0.25) is 0 Å². The number of fused-ring (bicyclic) bond motifs is 1. The number of aryl methyl sites for hydroxylation is 1. The number of benzene rings is 1. The van der Waals surface area contributed by atoms with Gasteiger partial charge in [0.05, 0.1) is 22.8 Å². The number of aromatic nitrogens is 3. The maximum absolute atomic E-state index is 13.3. The fourth-order valence-electron chi connectivity index (χ4n) is 4.34. The summed E-state index contributed by atoms with van der Waals surface area (Å²) in [7, 11) is 0. The van der Waals surface area contributed by atoms with Gasteiger partial charge in [0.15, 0.2) is 5.65 Å². The molecule has 1 amide bonds. The van der Waals surface area contributed by atoms with Gasteiger partial charge in [-0.25, -0.2) is 9.67 Å². The third-order valence-electron chi connectivity index (χ3n) is 6.00. The lowest BCUT2D eigenvalue weighted by Gasteiger charge is -2.20. The van der Waals surface area contributed by atoms with E-state index in [1.165, 1.54) is 0 Å². The number of carbonyl (C=O) groups is 1. The minimum atomic E-state index is -0.0686. The topological polar surface area (TPSA) is 85.8 Å². The number of nitrogens with zero attached hydrogens (tertiary/aromatic N) is 3. The average Bonchev–Trinajstić information content (AvgIpc) is 3.33. The van der Waals surface area contributed by atoms with E-state index < -0.39 is 0 Å². The van der Waals surface area contributed by atoms with Gasteiger partial charge in [0, 0.05) is 17.6 Å². The molecular weight excluding hydrogens is 362 g/mol. The van der Waals surface area contributed by atoms with Crippen LogP contribution < -0.4 is 11.1 Å². The second-order valence-corrected chi connectivity index (χ2v) is 8.30. The van der Waals surface area contributed by atoms with Crippen LogP contribution in [0.3, 0.4) is 0 Å². The molecule has 1 aliphatic rings. The predicted molar refractivity (Wildman–Crippen MR) is 116 cm³/mol. The van der Waals surface area contributed by atoms with Gasteiger partial charge < -0.3 is 11.1 Å². The molecule has 1 saturated carbocycles. The van der Waals surface area contributed by atoms with Crippen molar-refractivity contribution in [3.63, 3.8) is 0 Å². The van der Waals surface area contributed by atoms with Crippen LogP contribution in [0.15, 0.2) is 36.5 Å². The first-order chi connectivity index (χ1) is 14.0. The molecule has 1 aliphatic carbocycles. The number of nitrogens with one attached hydrogen (secondary N) is 1. The first kappa shape index (κ1) is 19.6. The quantitative estimate of drug-likeness (QED) is 0.692. The van der Waals surface area contributed by atoms with Crippen molar-refractivity contribution in [2.24, 2.45) is 11.7 Å². The van der Waals surface area contributed by atoms with Crippen molar-refractivity contribution in [2.75, 3.05) is 6.54 Å². The number of amides is 1. The maximum Gasteiger partial charge on any atom is 0.252 e. The van der Waals surface area contributed by atoms with Crippen LogP contribution >= 0.6 is 0 Å². The average molecular weight is 392 g/mol. The highest BCUT2D eigenvalue weighted by Crippen LogP contribution is 2.29. The Kier molecular flexibility index (Phi) is 5.37. The van der Waals surface area contributed by atoms with E-state index in [1.807, 2.05) is 28.9 Å². The number of hydrogen-bond acceptors (Lipinski definition) is 4. The molecule has 3 N–H and O–H groups in total. The number of hydrogen-bond donors (Lipinski definition) is 2. The summed E-state index contributed by atoms with van der Waals surface area (Å²) >= 11 is 0. The van der Waals surface area contributed by atoms with Crippen molar-refractivity contribution < 1.29 is 4.79 Å². The van der Waals surface area contributed by atoms with E-state index >= 15 is 0 Å². The van der Waals surface area contributed by atoms with E-state index in [1.54, 1.807) is 6.20 Å². The van der Waals surface area contributed by atoms with E-state index in [0.717, 1.165) is 47.1 Å². The third kappa shape index (κ3) is 3.65. The summed E-state index contributed by atoms with van der Waals surface area (Å²) in [5.74, 6) is 0.284. The lowest BCUT2D eigenvalue weighted by molar-refractivity contribution is 0.0930. The van der Waals surface area contributed by atoms with Crippen LogP contribution in [0.4, 0.5) is 0 Å². The van der Waals surface area contributed by atoms with Crippen molar-refractivity contribution in [3.8, 4) is 11.3 Å². The summed E-state index contributed by atoms with van der Waals surface area (Å²) in [4.78, 5) is 18.2. The molecule has 0 bridgehead atoms. The molecule has 3 aromatic rings. The molecule has 2 aromatic heterocycles. The largest absolute Gasteiger partial charge is 0.349 e. The molecule has 2 heterocycles. The van der Waals surface area contributed by atoms with Crippen LogP contribution in [0.2, 0.25) is 0 Å². The van der Waals surface area contributed by atoms with Gasteiger partial charge in [0.25, 0.3) is 5.91 Å². The lowest BCUT2D eigenvalue weighted by atomic mass is 10.0. The zero-order chi connectivity index (χ0) is 20.5. The van der Waals surface area contributed by atoms with Crippen LogP contribution in [-0.2, 0) is 0 Å². The Morgan fingerprint density at radius 2 is 2.10 bits per heavy atom. The fourth-order valence-corrected chi connectivity index (χ4v) is 4.34. The summed E-state index contributed by atoms with van der Waals surface area (Å²) in [5.41, 5.74) is 10.2. The maximum atomic E-state index is 13.3. The first-order valence-corrected chi connectivity index (χ1v) is 10.4. The Hall–Kier alpha value is -2.73. The molecule has 0 radical (unpaired) electrons. The minimum Gasteiger partial charge on any atom is -0.349 e. The van der Waals surface area contributed by atoms with Crippen LogP contribution in [0, 0.1) is 12.8 Å². The molecule has 0 aliphatic heterocycles. The van der Waals surface area contributed by atoms with E-state index in [4.69, 9.17) is 10.7 Å². The molecule has 152 valence electrons. The zero-order valence-corrected chi connectivity index (χ0v) is 17.4. The Morgan fingerprint density at radius 1 is 1.31 bits per heavy atom. The molecule has 2 unspecified atom stereocenters. The van der Waals surface area contributed by atoms with Gasteiger partial charge in [-0.1, -0.05) is 30.7 Å². The first-order valence-electron chi connectivity index (χ1n) is 10.4. The van der Waals surface area contributed by atoms with Gasteiger partial charge in [0.1, 0.15) is 0 Å². The van der Waals surface area contributed by atoms with Crippen LogP contribution in [0.25, 0.3) is 22.3 Å². The SMILES string of the molecule is Cc1ccccc1-c1cc(C(=O)NC2CCCC2CN)c2cnn(C(C)C)c2n1. The van der Waals surface area contributed by atoms with Gasteiger partial charge in [-0.15, -0.1) is 0 Å². The monoisotopic (exact) mass is 391 g/mol. The Balaban J connectivity index is 1.81. The number of rotatable bonds is 5. The van der Waals surface area contributed by atoms with Crippen LogP contribution in [0.5, 0.6) is 0 Å². The van der Waals surface area contributed by atoms with Gasteiger partial charge in [-0.3, -0.25) is 4.79 Å². The molecule has 1 fully saturated rings. The van der Waals surface area contributed by atoms with Gasteiger partial charge in [-0.05, 0) is 57.7 Å². The van der Waals surface area contributed by atoms with Crippen molar-refractivity contribution in [1.29, 1.82) is 0 Å². The number of carbonyl (C=O) groups excluding carboxylic acids is 1. The van der Waals surface area contributed by atoms with Crippen LogP contribution in [-0.4, -0.2) is 33.3 Å². The van der Waals surface area contributed by atoms with E-state index in [-0.39, 0.29) is 18.0 Å². The molecule has 2 atom stereocenters. The Morgan fingerprint density at radius 3 is 2.83 bits per heavy atom. The molecule has 6 nitrogen and oxygen atoms in total. The highest BCUT2D eigenvalue weighted by atomic mass is 16.1. The molecular formula is C23H29N5O. The van der Waals surface area contributed by atoms with E-state index in [2.05, 4.69) is 37.3 Å². The fraction of sp³-hybridized carbons (Fsp3) is 0.435. The van der Waals surface area contributed by atoms with Crippen molar-refractivity contribution in [3.05, 3.63) is 47.7 Å². The van der Waals surface area contributed by atoms with Crippen molar-refractivity contribution in [1.82, 2.24) is 20.1 Å². The summed E-state index contributed by atoms with van der Waals surface area (Å²) < 4.78 is 1.88. The number of pyridine rings is 1. The standard InChI is InChI=1S/C23H29N5O/c1-14(2)28-22-19(13-25-28)18(23(29)27-20-10-6-8-16(20)12-24)11-21(26-22)17-9-5-4-7-15(17)3/h4-5,7,9,11,13-14,16,20H,6,8,10,12,24H2,1-3H3,(H,27,29). The van der Waals surface area contributed by atoms with Crippen LogP contribution in [0.1, 0.15) is 55.1 Å². The molecule has 0 saturated heterocycles. The Labute approximate surface area is 171 Å². The summed E-state index contributed by atoms with van der Waals surface area (Å²) in [6.45, 7) is 6.80. The Bertz CT molecular complexity index is 1040. The van der Waals surface area contributed by atoms with E-state index in [9.17, 15) is 4.79 Å². The van der Waals surface area contributed by atoms with Gasteiger partial charge >= 0.3 is 0 Å². The summed E-state index contributed by atoms with van der Waals surface area (Å²) in [5, 5.41) is 8.54. The molecule has 0 spiro atoms. The van der Waals surface area contributed by atoms with Crippen molar-refractivity contribution >= 4 is 16.9 Å². The smallest absolute Gasteiger partial charge is 0.252 e. The predicted octanol–water partition coefficient (Wildman–Crippen LogP) is 3.84. The molecule has 4 rings (SSSR count).